The number of imide groups is 1. The quantitative estimate of drug-likeness (QED) is 0.337. The minimum Gasteiger partial charge on any atom is -0.494 e. The highest BCUT2D eigenvalue weighted by Crippen LogP contribution is 2.40. The van der Waals surface area contributed by atoms with Crippen LogP contribution in [0.5, 0.6) is 5.75 Å². The van der Waals surface area contributed by atoms with Gasteiger partial charge in [-0.05, 0) is 46.1 Å². The predicted octanol–water partition coefficient (Wildman–Crippen LogP) is 5.56. The number of carbonyl (C=O) groups is 2. The zero-order valence-corrected chi connectivity index (χ0v) is 18.3. The summed E-state index contributed by atoms with van der Waals surface area (Å²) in [6.45, 7) is 2.84. The Morgan fingerprint density at radius 1 is 0.967 bits per heavy atom. The monoisotopic (exact) mass is 466 g/mol. The number of H-pyrrole nitrogens is 1. The normalized spacial score (nSPS) is 13.9. The molecule has 2 amide bonds. The van der Waals surface area contributed by atoms with Gasteiger partial charge >= 0.3 is 0 Å². The maximum absolute atomic E-state index is 12.6. The molecular weight excluding hydrogens is 444 g/mol. The van der Waals surface area contributed by atoms with Crippen LogP contribution in [0, 0.1) is 0 Å². The molecule has 0 saturated carbocycles. The molecule has 5 nitrogen and oxygen atoms in total. The molecule has 154 valence electrons. The van der Waals surface area contributed by atoms with Gasteiger partial charge in [-0.1, -0.05) is 56.5 Å². The molecule has 0 atom stereocenters. The van der Waals surface area contributed by atoms with Gasteiger partial charge in [0.2, 0.25) is 0 Å². The van der Waals surface area contributed by atoms with E-state index in [4.69, 9.17) is 4.74 Å². The molecule has 3 aromatic rings. The van der Waals surface area contributed by atoms with Crippen molar-refractivity contribution in [2.24, 2.45) is 0 Å². The minimum absolute atomic E-state index is 0.247. The molecule has 0 saturated heterocycles. The van der Waals surface area contributed by atoms with Crippen LogP contribution < -0.4 is 10.1 Å². The summed E-state index contributed by atoms with van der Waals surface area (Å²) >= 11 is 3.31. The van der Waals surface area contributed by atoms with E-state index in [2.05, 4.69) is 33.2 Å². The van der Waals surface area contributed by atoms with E-state index in [0.717, 1.165) is 40.8 Å². The topological polar surface area (TPSA) is 71.2 Å². The van der Waals surface area contributed by atoms with Gasteiger partial charge in [0.15, 0.2) is 0 Å². The van der Waals surface area contributed by atoms with Gasteiger partial charge in [0.1, 0.15) is 5.75 Å². The van der Waals surface area contributed by atoms with Crippen molar-refractivity contribution in [3.05, 3.63) is 58.6 Å². The highest BCUT2D eigenvalue weighted by Gasteiger charge is 2.33. The van der Waals surface area contributed by atoms with Crippen molar-refractivity contribution in [1.29, 1.82) is 0 Å². The van der Waals surface area contributed by atoms with E-state index < -0.39 is 11.8 Å². The van der Waals surface area contributed by atoms with Gasteiger partial charge in [0.05, 0.1) is 22.4 Å². The van der Waals surface area contributed by atoms with E-state index in [1.165, 1.54) is 12.8 Å². The van der Waals surface area contributed by atoms with E-state index in [0.29, 0.717) is 17.7 Å². The predicted molar refractivity (Wildman–Crippen MR) is 122 cm³/mol. The molecule has 0 aliphatic carbocycles. The molecule has 0 spiro atoms. The second-order valence-corrected chi connectivity index (χ2v) is 8.12. The summed E-state index contributed by atoms with van der Waals surface area (Å²) in [7, 11) is 0. The highest BCUT2D eigenvalue weighted by molar-refractivity contribution is 9.12. The number of benzene rings is 2. The molecule has 0 unspecified atom stereocenters. The van der Waals surface area contributed by atoms with Crippen molar-refractivity contribution < 1.29 is 14.3 Å². The smallest absolute Gasteiger partial charge is 0.265 e. The van der Waals surface area contributed by atoms with Gasteiger partial charge in [0.25, 0.3) is 11.8 Å². The van der Waals surface area contributed by atoms with Crippen LogP contribution >= 0.6 is 15.9 Å². The number of fused-ring (bicyclic) bond motifs is 1. The number of nitrogens with one attached hydrogen (secondary N) is 2. The fraction of sp³-hybridized carbons (Fsp3) is 0.250. The van der Waals surface area contributed by atoms with Crippen molar-refractivity contribution in [1.82, 2.24) is 10.3 Å². The molecule has 0 radical (unpaired) electrons. The maximum atomic E-state index is 12.6. The Labute approximate surface area is 183 Å². The van der Waals surface area contributed by atoms with Gasteiger partial charge in [-0.25, -0.2) is 0 Å². The standard InChI is InChI=1S/C24H23BrN2O3/c1-2-3-4-8-13-30-16-11-12-18-17(14-16)19(20-21(25)24(29)27-23(20)28)22(26-18)15-9-6-5-7-10-15/h5-7,9-12,14,26H,2-4,8,13H2,1H3,(H,27,28,29). The Kier molecular flexibility index (Phi) is 6.04. The molecule has 0 fully saturated rings. The van der Waals surface area contributed by atoms with Crippen molar-refractivity contribution in [3.63, 3.8) is 0 Å². The third kappa shape index (κ3) is 3.92. The highest BCUT2D eigenvalue weighted by atomic mass is 79.9. The van der Waals surface area contributed by atoms with Gasteiger partial charge < -0.3 is 9.72 Å². The van der Waals surface area contributed by atoms with Crippen molar-refractivity contribution in [2.75, 3.05) is 6.61 Å². The molecule has 6 heteroatoms. The van der Waals surface area contributed by atoms with Crippen LogP contribution in [0.2, 0.25) is 0 Å². The van der Waals surface area contributed by atoms with Crippen LogP contribution in [0.25, 0.3) is 27.7 Å². The molecule has 0 bridgehead atoms. The second-order valence-electron chi connectivity index (χ2n) is 7.33. The Bertz CT molecular complexity index is 1130. The first-order chi connectivity index (χ1) is 14.6. The van der Waals surface area contributed by atoms with Crippen LogP contribution in [0.1, 0.15) is 38.2 Å². The molecule has 30 heavy (non-hydrogen) atoms. The molecule has 1 aliphatic rings. The SMILES string of the molecule is CCCCCCOc1ccc2[nH]c(-c3ccccc3)c(C3=C(Br)C(=O)NC3=O)c2c1. The van der Waals surface area contributed by atoms with Gasteiger partial charge in [-0.3, -0.25) is 14.9 Å². The third-order valence-electron chi connectivity index (χ3n) is 5.22. The minimum atomic E-state index is -0.424. The van der Waals surface area contributed by atoms with Crippen LogP contribution in [0.3, 0.4) is 0 Å². The number of unbranched alkanes of at least 4 members (excludes halogenated alkanes) is 3. The van der Waals surface area contributed by atoms with Gasteiger partial charge in [-0.15, -0.1) is 0 Å². The number of rotatable bonds is 8. The number of amides is 2. The number of halogens is 1. The number of ether oxygens (including phenoxy) is 1. The van der Waals surface area contributed by atoms with Crippen molar-refractivity contribution in [3.8, 4) is 17.0 Å². The largest absolute Gasteiger partial charge is 0.494 e. The van der Waals surface area contributed by atoms with Crippen LogP contribution in [-0.2, 0) is 9.59 Å². The Hall–Kier alpha value is -2.86. The molecule has 4 rings (SSSR count). The average molecular weight is 467 g/mol. The summed E-state index contributed by atoms with van der Waals surface area (Å²) in [4.78, 5) is 28.1. The fourth-order valence-corrected chi connectivity index (χ4v) is 4.20. The maximum Gasteiger partial charge on any atom is 0.265 e. The van der Waals surface area contributed by atoms with Crippen LogP contribution in [0.4, 0.5) is 0 Å². The summed E-state index contributed by atoms with van der Waals surface area (Å²) in [5.41, 5.74) is 3.64. The molecular formula is C24H23BrN2O3. The van der Waals surface area contributed by atoms with E-state index in [-0.39, 0.29) is 4.48 Å². The third-order valence-corrected chi connectivity index (χ3v) is 5.98. The molecule has 2 heterocycles. The summed E-state index contributed by atoms with van der Waals surface area (Å²) in [6.07, 6.45) is 4.55. The molecule has 1 aromatic heterocycles. The van der Waals surface area contributed by atoms with Crippen molar-refractivity contribution >= 4 is 44.2 Å². The summed E-state index contributed by atoms with van der Waals surface area (Å²) < 4.78 is 6.21. The van der Waals surface area contributed by atoms with Gasteiger partial charge in [-0.2, -0.15) is 0 Å². The van der Waals surface area contributed by atoms with Crippen LogP contribution in [0.15, 0.2) is 53.0 Å². The first-order valence-electron chi connectivity index (χ1n) is 10.2. The number of aromatic nitrogens is 1. The Balaban J connectivity index is 1.80. The molecule has 1 aliphatic heterocycles. The lowest BCUT2D eigenvalue weighted by Gasteiger charge is -2.08. The lowest BCUT2D eigenvalue weighted by molar-refractivity contribution is -0.123. The number of hydrogen-bond acceptors (Lipinski definition) is 3. The first kappa shape index (κ1) is 20.4. The number of aromatic amines is 1. The Morgan fingerprint density at radius 2 is 1.77 bits per heavy atom. The zero-order valence-electron chi connectivity index (χ0n) is 16.8. The number of hydrogen-bond donors (Lipinski definition) is 2. The second kappa shape index (κ2) is 8.88. The lowest BCUT2D eigenvalue weighted by Crippen LogP contribution is -2.22. The lowest BCUT2D eigenvalue weighted by atomic mass is 9.98. The van der Waals surface area contributed by atoms with Gasteiger partial charge in [0, 0.05) is 16.5 Å². The van der Waals surface area contributed by atoms with E-state index >= 15 is 0 Å². The van der Waals surface area contributed by atoms with E-state index in [1.54, 1.807) is 0 Å². The fourth-order valence-electron chi connectivity index (χ4n) is 3.72. The van der Waals surface area contributed by atoms with Crippen molar-refractivity contribution in [2.45, 2.75) is 32.6 Å². The number of carbonyl (C=O) groups excluding carboxylic acids is 2. The van der Waals surface area contributed by atoms with E-state index in [9.17, 15) is 9.59 Å². The first-order valence-corrected chi connectivity index (χ1v) is 11.0. The zero-order chi connectivity index (χ0) is 21.1. The molecule has 2 N–H and O–H groups in total. The summed E-state index contributed by atoms with van der Waals surface area (Å²) in [6, 6.07) is 15.6. The van der Waals surface area contributed by atoms with E-state index in [1.807, 2.05) is 48.5 Å². The van der Waals surface area contributed by atoms with Crippen LogP contribution in [-0.4, -0.2) is 23.4 Å². The average Bonchev–Trinajstić information content (AvgIpc) is 3.24. The molecule has 2 aromatic carbocycles. The summed E-state index contributed by atoms with van der Waals surface area (Å²) in [5, 5.41) is 3.22. The Morgan fingerprint density at radius 3 is 2.47 bits per heavy atom. The summed E-state index contributed by atoms with van der Waals surface area (Å²) in [5.74, 6) is -0.0807.